The van der Waals surface area contributed by atoms with Gasteiger partial charge in [0.05, 0.1) is 41.3 Å². The maximum atomic E-state index is 13.9. The molecule has 2 heterocycles. The molecule has 1 saturated heterocycles. The van der Waals surface area contributed by atoms with Crippen LogP contribution in [-0.2, 0) is 26.0 Å². The van der Waals surface area contributed by atoms with Crippen molar-refractivity contribution in [3.63, 3.8) is 0 Å². The standard InChI is InChI=1S/C34H38Cl2F2N4O8S/c1-40-10-12-41(13-11-40)32(43)19-42(51(3,45)46)27-14-23(7-8-28(27)47-2)33(44)49-30(16-24-25(35)17-39-18-26(24)36)22-6-9-29(50-34(37)38)31(15-22)48-20-21-4-5-21/h6-9,14-15,17-18,21,30,34H,4-5,10-13,16,19-20H2,1-3H3. The smallest absolute Gasteiger partial charge is 0.387 e. The van der Waals surface area contributed by atoms with E-state index in [0.717, 1.165) is 23.4 Å². The number of piperazine rings is 1. The average molecular weight is 772 g/mol. The van der Waals surface area contributed by atoms with Crippen molar-refractivity contribution in [3.05, 3.63) is 75.5 Å². The number of amides is 1. The monoisotopic (exact) mass is 770 g/mol. The second-order valence-electron chi connectivity index (χ2n) is 12.4. The van der Waals surface area contributed by atoms with Gasteiger partial charge in [-0.3, -0.25) is 14.1 Å². The van der Waals surface area contributed by atoms with E-state index in [1.807, 2.05) is 7.05 Å². The molecular formula is C34H38Cl2F2N4O8S. The van der Waals surface area contributed by atoms with Gasteiger partial charge >= 0.3 is 12.6 Å². The van der Waals surface area contributed by atoms with Crippen LogP contribution < -0.4 is 18.5 Å². The quantitative estimate of drug-likeness (QED) is 0.184. The molecule has 12 nitrogen and oxygen atoms in total. The van der Waals surface area contributed by atoms with Gasteiger partial charge in [-0.1, -0.05) is 29.3 Å². The Hall–Kier alpha value is -3.92. The van der Waals surface area contributed by atoms with Crippen molar-refractivity contribution in [2.45, 2.75) is 32.0 Å². The molecule has 1 aromatic heterocycles. The molecule has 3 aromatic rings. The first-order valence-electron chi connectivity index (χ1n) is 16.1. The second kappa shape index (κ2) is 16.6. The lowest BCUT2D eigenvalue weighted by Crippen LogP contribution is -2.50. The van der Waals surface area contributed by atoms with Gasteiger partial charge in [0.2, 0.25) is 15.9 Å². The number of halogens is 4. The number of hydrogen-bond acceptors (Lipinski definition) is 10. The zero-order chi connectivity index (χ0) is 36.9. The van der Waals surface area contributed by atoms with E-state index in [0.29, 0.717) is 43.2 Å². The minimum atomic E-state index is -4.05. The summed E-state index contributed by atoms with van der Waals surface area (Å²) in [7, 11) is -0.780. The van der Waals surface area contributed by atoms with Gasteiger partial charge < -0.3 is 28.7 Å². The van der Waals surface area contributed by atoms with Gasteiger partial charge in [-0.15, -0.1) is 0 Å². The highest BCUT2D eigenvalue weighted by Crippen LogP contribution is 2.39. The van der Waals surface area contributed by atoms with Gasteiger partial charge in [-0.25, -0.2) is 13.2 Å². The van der Waals surface area contributed by atoms with Crippen molar-refractivity contribution in [1.29, 1.82) is 0 Å². The van der Waals surface area contributed by atoms with Crippen LogP contribution in [0.5, 0.6) is 17.2 Å². The average Bonchev–Trinajstić information content (AvgIpc) is 3.92. The van der Waals surface area contributed by atoms with Crippen LogP contribution in [0.4, 0.5) is 14.5 Å². The lowest BCUT2D eigenvalue weighted by atomic mass is 10.0. The van der Waals surface area contributed by atoms with Crippen molar-refractivity contribution in [1.82, 2.24) is 14.8 Å². The molecule has 2 fully saturated rings. The molecule has 1 unspecified atom stereocenters. The minimum Gasteiger partial charge on any atom is -0.495 e. The van der Waals surface area contributed by atoms with Crippen LogP contribution in [0.1, 0.15) is 40.4 Å². The molecule has 1 saturated carbocycles. The van der Waals surface area contributed by atoms with Crippen LogP contribution in [0.2, 0.25) is 10.0 Å². The molecule has 1 aliphatic heterocycles. The first-order valence-corrected chi connectivity index (χ1v) is 18.7. The first-order chi connectivity index (χ1) is 24.2. The SMILES string of the molecule is COc1ccc(C(=O)OC(Cc2c(Cl)cncc2Cl)c2ccc(OC(F)F)c(OCC3CC3)c2)cc1N(CC(=O)N1CCN(C)CC1)S(C)(=O)=O. The van der Waals surface area contributed by atoms with Crippen LogP contribution in [-0.4, -0.2) is 101 Å². The van der Waals surface area contributed by atoms with Gasteiger partial charge in [0.25, 0.3) is 0 Å². The third-order valence-corrected chi connectivity index (χ3v) is 10.3. The summed E-state index contributed by atoms with van der Waals surface area (Å²) in [6.45, 7) is -1.17. The zero-order valence-electron chi connectivity index (χ0n) is 28.2. The summed E-state index contributed by atoms with van der Waals surface area (Å²) >= 11 is 12.9. The fourth-order valence-electron chi connectivity index (χ4n) is 5.44. The van der Waals surface area contributed by atoms with Gasteiger partial charge in [0, 0.05) is 45.0 Å². The fourth-order valence-corrected chi connectivity index (χ4v) is 6.80. The third kappa shape index (κ3) is 10.1. The van der Waals surface area contributed by atoms with Crippen molar-refractivity contribution >= 4 is 50.8 Å². The second-order valence-corrected chi connectivity index (χ2v) is 15.1. The Bertz CT molecular complexity index is 1820. The number of aromatic nitrogens is 1. The van der Waals surface area contributed by atoms with Crippen molar-refractivity contribution in [2.75, 3.05) is 64.0 Å². The number of methoxy groups -OCH3 is 1. The van der Waals surface area contributed by atoms with E-state index >= 15 is 0 Å². The van der Waals surface area contributed by atoms with Gasteiger partial charge in [-0.05, 0) is 67.3 Å². The Morgan fingerprint density at radius 1 is 1.00 bits per heavy atom. The summed E-state index contributed by atoms with van der Waals surface area (Å²) in [6, 6.07) is 8.27. The highest BCUT2D eigenvalue weighted by molar-refractivity contribution is 7.92. The molecule has 0 radical (unpaired) electrons. The number of benzene rings is 2. The fraction of sp³-hybridized carbons (Fsp3) is 0.441. The summed E-state index contributed by atoms with van der Waals surface area (Å²) in [6.07, 6.45) is 4.46. The van der Waals surface area contributed by atoms with Crippen molar-refractivity contribution < 1.29 is 45.7 Å². The van der Waals surface area contributed by atoms with Gasteiger partial charge in [0.1, 0.15) is 18.4 Å². The predicted molar refractivity (Wildman–Crippen MR) is 187 cm³/mol. The molecule has 1 aliphatic carbocycles. The van der Waals surface area contributed by atoms with E-state index in [4.69, 9.17) is 37.4 Å². The number of anilines is 1. The number of rotatable bonds is 15. The molecule has 0 N–H and O–H groups in total. The van der Waals surface area contributed by atoms with Gasteiger partial charge in [0.15, 0.2) is 11.5 Å². The van der Waals surface area contributed by atoms with Crippen LogP contribution in [0.25, 0.3) is 0 Å². The van der Waals surface area contributed by atoms with E-state index in [2.05, 4.69) is 14.6 Å². The largest absolute Gasteiger partial charge is 0.495 e. The van der Waals surface area contributed by atoms with E-state index in [1.165, 1.54) is 55.9 Å². The van der Waals surface area contributed by atoms with E-state index in [9.17, 15) is 26.8 Å². The van der Waals surface area contributed by atoms with Crippen molar-refractivity contribution in [2.24, 2.45) is 5.92 Å². The third-order valence-electron chi connectivity index (χ3n) is 8.54. The van der Waals surface area contributed by atoms with Crippen LogP contribution in [0, 0.1) is 5.92 Å². The molecule has 5 rings (SSSR count). The van der Waals surface area contributed by atoms with E-state index in [-0.39, 0.29) is 51.6 Å². The van der Waals surface area contributed by atoms with Crippen LogP contribution in [0.15, 0.2) is 48.8 Å². The lowest BCUT2D eigenvalue weighted by Gasteiger charge is -2.34. The van der Waals surface area contributed by atoms with Crippen LogP contribution in [0.3, 0.4) is 0 Å². The Morgan fingerprint density at radius 3 is 2.27 bits per heavy atom. The minimum absolute atomic E-state index is 0.0354. The summed E-state index contributed by atoms with van der Waals surface area (Å²) in [5, 5.41) is 0.402. The Labute approximate surface area is 305 Å². The number of alkyl halides is 2. The summed E-state index contributed by atoms with van der Waals surface area (Å²) in [4.78, 5) is 34.8. The Kier molecular flexibility index (Phi) is 12.5. The normalized spacial score (nSPS) is 15.7. The number of nitrogens with zero attached hydrogens (tertiary/aromatic N) is 4. The maximum absolute atomic E-state index is 13.9. The number of esters is 1. The number of ether oxygens (including phenoxy) is 4. The number of carbonyl (C=O) groups is 2. The Balaban J connectivity index is 1.48. The first kappa shape index (κ1) is 38.3. The van der Waals surface area contributed by atoms with E-state index < -0.39 is 41.2 Å². The molecule has 0 bridgehead atoms. The number of sulfonamides is 1. The summed E-state index contributed by atoms with van der Waals surface area (Å²) in [5.74, 6) is -1.04. The zero-order valence-corrected chi connectivity index (χ0v) is 30.5. The molecule has 276 valence electrons. The molecule has 2 aliphatic rings. The number of likely N-dealkylation sites (N-methyl/N-ethyl adjacent to an activating group) is 1. The topological polar surface area (TPSA) is 128 Å². The molecule has 17 heteroatoms. The highest BCUT2D eigenvalue weighted by atomic mass is 35.5. The number of pyridine rings is 1. The predicted octanol–water partition coefficient (Wildman–Crippen LogP) is 5.47. The lowest BCUT2D eigenvalue weighted by molar-refractivity contribution is -0.131. The highest BCUT2D eigenvalue weighted by Gasteiger charge is 2.30. The van der Waals surface area contributed by atoms with E-state index in [1.54, 1.807) is 4.90 Å². The maximum Gasteiger partial charge on any atom is 0.387 e. The Morgan fingerprint density at radius 2 is 1.67 bits per heavy atom. The van der Waals surface area contributed by atoms with Crippen molar-refractivity contribution in [3.8, 4) is 17.2 Å². The molecule has 1 atom stereocenters. The summed E-state index contributed by atoms with van der Waals surface area (Å²) in [5.41, 5.74) is 0.647. The molecule has 1 amide bonds. The number of carbonyl (C=O) groups excluding carboxylic acids is 2. The molecular weight excluding hydrogens is 733 g/mol. The summed E-state index contributed by atoms with van der Waals surface area (Å²) < 4.78 is 75.6. The molecule has 51 heavy (non-hydrogen) atoms. The molecule has 2 aromatic carbocycles. The van der Waals surface area contributed by atoms with Gasteiger partial charge in [-0.2, -0.15) is 8.78 Å². The molecule has 0 spiro atoms. The van der Waals surface area contributed by atoms with Crippen LogP contribution >= 0.6 is 23.2 Å². The number of hydrogen-bond donors (Lipinski definition) is 0.